The zero-order chi connectivity index (χ0) is 9.54. The van der Waals surface area contributed by atoms with Crippen molar-refractivity contribution >= 4 is 21.8 Å². The van der Waals surface area contributed by atoms with E-state index in [4.69, 9.17) is 0 Å². The first-order chi connectivity index (χ1) is 6.84. The molecule has 0 radical (unpaired) electrons. The fraction of sp³-hybridized carbons (Fsp3) is 0.0833. The quantitative estimate of drug-likeness (QED) is 0.568. The molecular formula is C12H10N2. The maximum Gasteiger partial charge on any atom is 0.0651 e. The van der Waals surface area contributed by atoms with Crippen LogP contribution in [0.1, 0.15) is 5.56 Å². The summed E-state index contributed by atoms with van der Waals surface area (Å²) in [5.41, 5.74) is 3.57. The number of hydrogen-bond acceptors (Lipinski definition) is 1. The van der Waals surface area contributed by atoms with Crippen LogP contribution in [0.5, 0.6) is 0 Å². The standard InChI is InChI=1S/C12H10N2/c1-8-2-3-11-10(6-8)9-4-5-13-7-12(9)14-11/h2-7,14H,1H3. The van der Waals surface area contributed by atoms with Crippen molar-refractivity contribution in [3.8, 4) is 0 Å². The van der Waals surface area contributed by atoms with Crippen LogP contribution in [0, 0.1) is 6.92 Å². The second-order valence-electron chi connectivity index (χ2n) is 3.60. The molecule has 0 unspecified atom stereocenters. The van der Waals surface area contributed by atoms with Crippen molar-refractivity contribution in [2.75, 3.05) is 0 Å². The van der Waals surface area contributed by atoms with Crippen LogP contribution in [-0.2, 0) is 0 Å². The molecule has 2 aromatic heterocycles. The maximum atomic E-state index is 4.10. The van der Waals surface area contributed by atoms with Gasteiger partial charge < -0.3 is 4.98 Å². The molecule has 2 heteroatoms. The van der Waals surface area contributed by atoms with Gasteiger partial charge in [0.15, 0.2) is 0 Å². The van der Waals surface area contributed by atoms with Gasteiger partial charge in [0.2, 0.25) is 0 Å². The van der Waals surface area contributed by atoms with Gasteiger partial charge in [-0.3, -0.25) is 4.98 Å². The SMILES string of the molecule is Cc1ccc2[nH]c3cnccc3c2c1. The van der Waals surface area contributed by atoms with Crippen molar-refractivity contribution in [2.24, 2.45) is 0 Å². The fourth-order valence-electron chi connectivity index (χ4n) is 1.86. The average Bonchev–Trinajstić information content (AvgIpc) is 2.56. The lowest BCUT2D eigenvalue weighted by Crippen LogP contribution is -1.71. The smallest absolute Gasteiger partial charge is 0.0651 e. The molecule has 1 N–H and O–H groups in total. The number of aromatic nitrogens is 2. The van der Waals surface area contributed by atoms with Crippen LogP contribution in [0.4, 0.5) is 0 Å². The Labute approximate surface area is 81.6 Å². The predicted molar refractivity (Wildman–Crippen MR) is 58.3 cm³/mol. The van der Waals surface area contributed by atoms with Crippen LogP contribution in [0.2, 0.25) is 0 Å². The zero-order valence-electron chi connectivity index (χ0n) is 7.91. The third kappa shape index (κ3) is 0.940. The van der Waals surface area contributed by atoms with E-state index in [2.05, 4.69) is 35.1 Å². The van der Waals surface area contributed by atoms with Gasteiger partial charge in [-0.1, -0.05) is 11.6 Å². The van der Waals surface area contributed by atoms with Crippen molar-refractivity contribution in [1.29, 1.82) is 0 Å². The molecule has 0 spiro atoms. The number of fused-ring (bicyclic) bond motifs is 3. The molecule has 0 aliphatic rings. The molecule has 68 valence electrons. The molecular weight excluding hydrogens is 172 g/mol. The summed E-state index contributed by atoms with van der Waals surface area (Å²) in [6.07, 6.45) is 3.70. The van der Waals surface area contributed by atoms with Crippen molar-refractivity contribution in [3.63, 3.8) is 0 Å². The first-order valence-electron chi connectivity index (χ1n) is 4.67. The molecule has 0 saturated heterocycles. The number of aryl methyl sites for hydroxylation is 1. The number of nitrogens with one attached hydrogen (secondary N) is 1. The van der Waals surface area contributed by atoms with E-state index < -0.39 is 0 Å². The molecule has 0 atom stereocenters. The van der Waals surface area contributed by atoms with E-state index in [1.165, 1.54) is 21.9 Å². The first-order valence-corrected chi connectivity index (χ1v) is 4.67. The molecule has 3 rings (SSSR count). The number of nitrogens with zero attached hydrogens (tertiary/aromatic N) is 1. The Hall–Kier alpha value is -1.83. The van der Waals surface area contributed by atoms with Crippen LogP contribution in [0.25, 0.3) is 21.8 Å². The lowest BCUT2D eigenvalue weighted by atomic mass is 10.1. The summed E-state index contributed by atoms with van der Waals surface area (Å²) in [6, 6.07) is 8.48. The van der Waals surface area contributed by atoms with Crippen molar-refractivity contribution < 1.29 is 0 Å². The molecule has 0 saturated carbocycles. The summed E-state index contributed by atoms with van der Waals surface area (Å²) in [5.74, 6) is 0. The number of rotatable bonds is 0. The number of pyridine rings is 1. The van der Waals surface area contributed by atoms with E-state index in [-0.39, 0.29) is 0 Å². The van der Waals surface area contributed by atoms with Crippen molar-refractivity contribution in [1.82, 2.24) is 9.97 Å². The van der Waals surface area contributed by atoms with Gasteiger partial charge in [-0.2, -0.15) is 0 Å². The van der Waals surface area contributed by atoms with E-state index in [0.717, 1.165) is 5.52 Å². The van der Waals surface area contributed by atoms with Gasteiger partial charge in [0.05, 0.1) is 11.7 Å². The Balaban J connectivity index is 2.58. The second-order valence-corrected chi connectivity index (χ2v) is 3.60. The summed E-state index contributed by atoms with van der Waals surface area (Å²) in [7, 11) is 0. The van der Waals surface area contributed by atoms with E-state index >= 15 is 0 Å². The Kier molecular flexibility index (Phi) is 1.39. The molecule has 3 aromatic rings. The highest BCUT2D eigenvalue weighted by molar-refractivity contribution is 6.06. The molecule has 0 aliphatic carbocycles. The lowest BCUT2D eigenvalue weighted by Gasteiger charge is -1.92. The van der Waals surface area contributed by atoms with Gasteiger partial charge in [0.25, 0.3) is 0 Å². The third-order valence-electron chi connectivity index (χ3n) is 2.56. The van der Waals surface area contributed by atoms with Gasteiger partial charge in [0.1, 0.15) is 0 Å². The Morgan fingerprint density at radius 3 is 2.93 bits per heavy atom. The number of benzene rings is 1. The number of hydrogen-bond donors (Lipinski definition) is 1. The normalized spacial score (nSPS) is 11.2. The fourth-order valence-corrected chi connectivity index (χ4v) is 1.86. The van der Waals surface area contributed by atoms with Crippen molar-refractivity contribution in [3.05, 3.63) is 42.2 Å². The van der Waals surface area contributed by atoms with E-state index in [1.54, 1.807) is 0 Å². The lowest BCUT2D eigenvalue weighted by molar-refractivity contribution is 1.35. The second kappa shape index (κ2) is 2.58. The number of H-pyrrole nitrogens is 1. The van der Waals surface area contributed by atoms with E-state index in [1.807, 2.05) is 18.5 Å². The van der Waals surface area contributed by atoms with Gasteiger partial charge in [0, 0.05) is 22.5 Å². The molecule has 1 aromatic carbocycles. The third-order valence-corrected chi connectivity index (χ3v) is 2.56. The van der Waals surface area contributed by atoms with Gasteiger partial charge in [-0.25, -0.2) is 0 Å². The van der Waals surface area contributed by atoms with Crippen LogP contribution in [0.15, 0.2) is 36.7 Å². The summed E-state index contributed by atoms with van der Waals surface area (Å²) < 4.78 is 0. The predicted octanol–water partition coefficient (Wildman–Crippen LogP) is 3.02. The molecule has 2 heterocycles. The van der Waals surface area contributed by atoms with Crippen LogP contribution in [0.3, 0.4) is 0 Å². The summed E-state index contributed by atoms with van der Waals surface area (Å²) in [4.78, 5) is 7.44. The Bertz CT molecular complexity index is 608. The van der Waals surface area contributed by atoms with E-state index in [0.29, 0.717) is 0 Å². The van der Waals surface area contributed by atoms with Gasteiger partial charge in [-0.05, 0) is 25.1 Å². The highest BCUT2D eigenvalue weighted by Gasteiger charge is 2.02. The topological polar surface area (TPSA) is 28.7 Å². The Morgan fingerprint density at radius 1 is 1.07 bits per heavy atom. The van der Waals surface area contributed by atoms with Gasteiger partial charge >= 0.3 is 0 Å². The maximum absolute atomic E-state index is 4.10. The molecule has 0 bridgehead atoms. The van der Waals surface area contributed by atoms with Gasteiger partial charge in [-0.15, -0.1) is 0 Å². The summed E-state index contributed by atoms with van der Waals surface area (Å²) in [6.45, 7) is 2.11. The highest BCUT2D eigenvalue weighted by Crippen LogP contribution is 2.24. The summed E-state index contributed by atoms with van der Waals surface area (Å²) >= 11 is 0. The zero-order valence-corrected chi connectivity index (χ0v) is 7.91. The molecule has 0 fully saturated rings. The van der Waals surface area contributed by atoms with Crippen molar-refractivity contribution in [2.45, 2.75) is 6.92 Å². The summed E-state index contributed by atoms with van der Waals surface area (Å²) in [5, 5.41) is 2.53. The average molecular weight is 182 g/mol. The minimum atomic E-state index is 1.10. The van der Waals surface area contributed by atoms with Crippen LogP contribution < -0.4 is 0 Å². The minimum absolute atomic E-state index is 1.10. The minimum Gasteiger partial charge on any atom is -0.353 e. The largest absolute Gasteiger partial charge is 0.353 e. The Morgan fingerprint density at radius 2 is 2.00 bits per heavy atom. The molecule has 0 aliphatic heterocycles. The number of aromatic amines is 1. The monoisotopic (exact) mass is 182 g/mol. The van der Waals surface area contributed by atoms with E-state index in [9.17, 15) is 0 Å². The first kappa shape index (κ1) is 7.56. The molecule has 2 nitrogen and oxygen atoms in total. The van der Waals surface area contributed by atoms with Crippen LogP contribution in [-0.4, -0.2) is 9.97 Å². The van der Waals surface area contributed by atoms with Crippen LogP contribution >= 0.6 is 0 Å². The molecule has 14 heavy (non-hydrogen) atoms. The molecule has 0 amide bonds. The highest BCUT2D eigenvalue weighted by atomic mass is 14.7.